The zero-order valence-electron chi connectivity index (χ0n) is 9.76. The lowest BCUT2D eigenvalue weighted by molar-refractivity contribution is 0.0940. The molecule has 6 heteroatoms. The van der Waals surface area contributed by atoms with Gasteiger partial charge in [-0.3, -0.25) is 4.79 Å². The quantitative estimate of drug-likeness (QED) is 0.732. The molecule has 3 N–H and O–H groups in total. The summed E-state index contributed by atoms with van der Waals surface area (Å²) in [6, 6.07) is 0. The van der Waals surface area contributed by atoms with E-state index in [-0.39, 0.29) is 5.91 Å². The summed E-state index contributed by atoms with van der Waals surface area (Å²) in [5.74, 6) is 0.303. The first-order valence-corrected chi connectivity index (χ1v) is 5.87. The topological polar surface area (TPSA) is 82.2 Å². The second kappa shape index (κ2) is 5.79. The fourth-order valence-electron chi connectivity index (χ4n) is 1.82. The van der Waals surface area contributed by atoms with E-state index < -0.39 is 0 Å². The Hall–Kier alpha value is -1.40. The summed E-state index contributed by atoms with van der Waals surface area (Å²) in [5.41, 5.74) is 5.87. The van der Waals surface area contributed by atoms with Crippen molar-refractivity contribution in [1.82, 2.24) is 14.9 Å². The van der Waals surface area contributed by atoms with Crippen LogP contribution in [0, 0.1) is 5.92 Å². The monoisotopic (exact) mass is 238 g/mol. The van der Waals surface area contributed by atoms with Crippen molar-refractivity contribution in [2.45, 2.75) is 13.0 Å². The van der Waals surface area contributed by atoms with Crippen LogP contribution < -0.4 is 11.1 Å². The van der Waals surface area contributed by atoms with Crippen LogP contribution in [0.25, 0.3) is 0 Å². The molecule has 6 nitrogen and oxygen atoms in total. The van der Waals surface area contributed by atoms with Gasteiger partial charge in [-0.2, -0.15) is 0 Å². The number of nitrogens with one attached hydrogen (secondary N) is 1. The van der Waals surface area contributed by atoms with Crippen molar-refractivity contribution in [3.63, 3.8) is 0 Å². The Balaban J connectivity index is 1.81. The fourth-order valence-corrected chi connectivity index (χ4v) is 1.82. The number of carbonyl (C=O) groups is 1. The molecule has 0 aromatic carbocycles. The SMILES string of the molecule is NCCn1cnc(C(=O)NCC2CCOC2)c1. The Labute approximate surface area is 100 Å². The molecule has 0 saturated carbocycles. The molecular formula is C11H18N4O2. The van der Waals surface area contributed by atoms with E-state index in [1.54, 1.807) is 12.5 Å². The molecule has 1 aliphatic rings. The van der Waals surface area contributed by atoms with Crippen molar-refractivity contribution in [2.24, 2.45) is 11.7 Å². The molecule has 1 aromatic rings. The van der Waals surface area contributed by atoms with Crippen LogP contribution in [-0.4, -0.2) is 41.8 Å². The molecule has 2 heterocycles. The molecule has 17 heavy (non-hydrogen) atoms. The highest BCUT2D eigenvalue weighted by atomic mass is 16.5. The van der Waals surface area contributed by atoms with Crippen molar-refractivity contribution in [2.75, 3.05) is 26.3 Å². The molecule has 1 atom stereocenters. The van der Waals surface area contributed by atoms with Crippen LogP contribution in [0.3, 0.4) is 0 Å². The molecule has 1 aliphatic heterocycles. The minimum Gasteiger partial charge on any atom is -0.381 e. The van der Waals surface area contributed by atoms with Gasteiger partial charge in [-0.25, -0.2) is 4.98 Å². The van der Waals surface area contributed by atoms with Crippen molar-refractivity contribution in [1.29, 1.82) is 0 Å². The van der Waals surface area contributed by atoms with Crippen LogP contribution in [0.5, 0.6) is 0 Å². The van der Waals surface area contributed by atoms with E-state index in [4.69, 9.17) is 10.5 Å². The van der Waals surface area contributed by atoms with Crippen LogP contribution in [-0.2, 0) is 11.3 Å². The van der Waals surface area contributed by atoms with Gasteiger partial charge in [-0.1, -0.05) is 0 Å². The van der Waals surface area contributed by atoms with Crippen molar-refractivity contribution < 1.29 is 9.53 Å². The Kier molecular flexibility index (Phi) is 4.11. The lowest BCUT2D eigenvalue weighted by Gasteiger charge is -2.07. The largest absolute Gasteiger partial charge is 0.381 e. The number of nitrogens with zero attached hydrogens (tertiary/aromatic N) is 2. The van der Waals surface area contributed by atoms with Gasteiger partial charge in [0.05, 0.1) is 12.9 Å². The summed E-state index contributed by atoms with van der Waals surface area (Å²) >= 11 is 0. The first kappa shape index (κ1) is 12.1. The van der Waals surface area contributed by atoms with Gasteiger partial charge in [0, 0.05) is 38.4 Å². The first-order chi connectivity index (χ1) is 8.29. The van der Waals surface area contributed by atoms with E-state index in [0.717, 1.165) is 19.6 Å². The molecule has 2 rings (SSSR count). The molecule has 1 unspecified atom stereocenters. The predicted molar refractivity (Wildman–Crippen MR) is 62.5 cm³/mol. The maximum absolute atomic E-state index is 11.8. The average Bonchev–Trinajstić information content (AvgIpc) is 2.97. The van der Waals surface area contributed by atoms with E-state index in [1.165, 1.54) is 0 Å². The lowest BCUT2D eigenvalue weighted by Crippen LogP contribution is -2.29. The molecule has 0 aliphatic carbocycles. The third-order valence-electron chi connectivity index (χ3n) is 2.83. The van der Waals surface area contributed by atoms with Crippen LogP contribution >= 0.6 is 0 Å². The minimum atomic E-state index is -0.132. The standard InChI is InChI=1S/C11H18N4O2/c12-2-3-15-6-10(14-8-15)11(16)13-5-9-1-4-17-7-9/h6,8-9H,1-5,7,12H2,(H,13,16). The molecule has 1 amide bonds. The van der Waals surface area contributed by atoms with E-state index in [9.17, 15) is 4.79 Å². The van der Waals surface area contributed by atoms with E-state index in [0.29, 0.717) is 31.2 Å². The number of imidazole rings is 1. The molecule has 0 bridgehead atoms. The van der Waals surface area contributed by atoms with E-state index in [2.05, 4.69) is 10.3 Å². The number of nitrogens with two attached hydrogens (primary N) is 1. The molecular weight excluding hydrogens is 220 g/mol. The summed E-state index contributed by atoms with van der Waals surface area (Å²) in [5, 5.41) is 2.87. The summed E-state index contributed by atoms with van der Waals surface area (Å²) in [6.07, 6.45) is 4.36. The molecule has 1 fully saturated rings. The molecule has 0 spiro atoms. The summed E-state index contributed by atoms with van der Waals surface area (Å²) in [4.78, 5) is 15.8. The molecule has 0 radical (unpaired) electrons. The number of aromatic nitrogens is 2. The van der Waals surface area contributed by atoms with Gasteiger partial charge in [-0.15, -0.1) is 0 Å². The Bertz CT molecular complexity index is 371. The highest BCUT2D eigenvalue weighted by Gasteiger charge is 2.17. The lowest BCUT2D eigenvalue weighted by atomic mass is 10.1. The fraction of sp³-hybridized carbons (Fsp3) is 0.636. The van der Waals surface area contributed by atoms with Gasteiger partial charge >= 0.3 is 0 Å². The number of ether oxygens (including phenoxy) is 1. The summed E-state index contributed by atoms with van der Waals surface area (Å²) in [7, 11) is 0. The molecule has 1 saturated heterocycles. The zero-order chi connectivity index (χ0) is 12.1. The zero-order valence-corrected chi connectivity index (χ0v) is 9.76. The maximum atomic E-state index is 11.8. The Morgan fingerprint density at radius 1 is 1.71 bits per heavy atom. The molecule has 94 valence electrons. The van der Waals surface area contributed by atoms with Crippen LogP contribution in [0.2, 0.25) is 0 Å². The van der Waals surface area contributed by atoms with Crippen molar-refractivity contribution in [3.05, 3.63) is 18.2 Å². The number of hydrogen-bond donors (Lipinski definition) is 2. The molecule has 1 aromatic heterocycles. The van der Waals surface area contributed by atoms with E-state index in [1.807, 2.05) is 4.57 Å². The summed E-state index contributed by atoms with van der Waals surface area (Å²) < 4.78 is 7.06. The third kappa shape index (κ3) is 3.28. The predicted octanol–water partition coefficient (Wildman–Crippen LogP) is -0.392. The Morgan fingerprint density at radius 2 is 2.59 bits per heavy atom. The highest BCUT2D eigenvalue weighted by molar-refractivity contribution is 5.91. The Morgan fingerprint density at radius 3 is 3.29 bits per heavy atom. The smallest absolute Gasteiger partial charge is 0.271 e. The first-order valence-electron chi connectivity index (χ1n) is 5.87. The van der Waals surface area contributed by atoms with Gasteiger partial charge in [-0.05, 0) is 6.42 Å². The number of amides is 1. The van der Waals surface area contributed by atoms with Crippen LogP contribution in [0.1, 0.15) is 16.9 Å². The van der Waals surface area contributed by atoms with Gasteiger partial charge in [0.25, 0.3) is 5.91 Å². The van der Waals surface area contributed by atoms with Gasteiger partial charge < -0.3 is 20.4 Å². The number of carbonyl (C=O) groups excluding carboxylic acids is 1. The van der Waals surface area contributed by atoms with Gasteiger partial charge in [0.2, 0.25) is 0 Å². The maximum Gasteiger partial charge on any atom is 0.271 e. The third-order valence-corrected chi connectivity index (χ3v) is 2.83. The summed E-state index contributed by atoms with van der Waals surface area (Å²) in [6.45, 7) is 3.41. The highest BCUT2D eigenvalue weighted by Crippen LogP contribution is 2.10. The number of rotatable bonds is 5. The second-order valence-corrected chi connectivity index (χ2v) is 4.23. The van der Waals surface area contributed by atoms with Gasteiger partial charge in [0.15, 0.2) is 0 Å². The number of hydrogen-bond acceptors (Lipinski definition) is 4. The van der Waals surface area contributed by atoms with Crippen molar-refractivity contribution in [3.8, 4) is 0 Å². The second-order valence-electron chi connectivity index (χ2n) is 4.23. The van der Waals surface area contributed by atoms with Crippen molar-refractivity contribution >= 4 is 5.91 Å². The normalized spacial score (nSPS) is 19.5. The average molecular weight is 238 g/mol. The van der Waals surface area contributed by atoms with Crippen LogP contribution in [0.15, 0.2) is 12.5 Å². The minimum absolute atomic E-state index is 0.132. The van der Waals surface area contributed by atoms with E-state index >= 15 is 0 Å². The van der Waals surface area contributed by atoms with Crippen LogP contribution in [0.4, 0.5) is 0 Å². The van der Waals surface area contributed by atoms with Gasteiger partial charge in [0.1, 0.15) is 5.69 Å².